The molecule has 1 aliphatic heterocycles. The van der Waals surface area contributed by atoms with Crippen LogP contribution in [-0.4, -0.2) is 40.2 Å². The van der Waals surface area contributed by atoms with Crippen LogP contribution in [-0.2, 0) is 11.3 Å². The highest BCUT2D eigenvalue weighted by Gasteiger charge is 2.30. The average Bonchev–Trinajstić information content (AvgIpc) is 2.78. The van der Waals surface area contributed by atoms with Crippen LogP contribution in [0.2, 0.25) is 0 Å². The predicted molar refractivity (Wildman–Crippen MR) is 130 cm³/mol. The summed E-state index contributed by atoms with van der Waals surface area (Å²) in [6.45, 7) is 7.82. The van der Waals surface area contributed by atoms with Crippen LogP contribution in [0.3, 0.4) is 0 Å². The Balaban J connectivity index is 1.89. The van der Waals surface area contributed by atoms with Crippen molar-refractivity contribution < 1.29 is 9.53 Å². The molecule has 1 amide bonds. The van der Waals surface area contributed by atoms with Gasteiger partial charge in [0.25, 0.3) is 5.56 Å². The minimum Gasteiger partial charge on any atom is -0.450 e. The van der Waals surface area contributed by atoms with Gasteiger partial charge in [-0.25, -0.2) is 9.78 Å². The zero-order valence-electron chi connectivity index (χ0n) is 18.7. The number of halogens is 1. The second-order valence-electron chi connectivity index (χ2n) is 8.13. The van der Waals surface area contributed by atoms with Crippen molar-refractivity contribution in [3.63, 3.8) is 0 Å². The summed E-state index contributed by atoms with van der Waals surface area (Å²) in [5, 5.41) is 0.984. The number of rotatable bonds is 4. The Morgan fingerprint density at radius 2 is 1.94 bits per heavy atom. The highest BCUT2D eigenvalue weighted by Crippen LogP contribution is 2.38. The molecule has 0 bridgehead atoms. The fourth-order valence-corrected chi connectivity index (χ4v) is 5.03. The first kappa shape index (κ1) is 22.5. The van der Waals surface area contributed by atoms with Crippen molar-refractivity contribution in [1.82, 2.24) is 14.5 Å². The van der Waals surface area contributed by atoms with Crippen LogP contribution in [0.1, 0.15) is 43.9 Å². The lowest BCUT2D eigenvalue weighted by atomic mass is 9.84. The Kier molecular flexibility index (Phi) is 6.65. The summed E-state index contributed by atoms with van der Waals surface area (Å²) >= 11 is 3.58. The number of carbonyl (C=O) groups is 1. The van der Waals surface area contributed by atoms with Gasteiger partial charge in [0.15, 0.2) is 0 Å². The van der Waals surface area contributed by atoms with Gasteiger partial charge in [-0.3, -0.25) is 9.36 Å². The van der Waals surface area contributed by atoms with E-state index in [0.29, 0.717) is 26.2 Å². The molecular weight excluding hydrogens is 470 g/mol. The van der Waals surface area contributed by atoms with Crippen molar-refractivity contribution in [3.05, 3.63) is 62.5 Å². The van der Waals surface area contributed by atoms with Crippen LogP contribution in [0.25, 0.3) is 22.2 Å². The number of ether oxygens (including phenoxy) is 1. The summed E-state index contributed by atoms with van der Waals surface area (Å²) in [5.74, 6) is 0.0608. The number of benzene rings is 1. The minimum atomic E-state index is -0.276. The molecule has 0 spiro atoms. The number of hydrogen-bond acceptors (Lipinski definition) is 4. The zero-order valence-corrected chi connectivity index (χ0v) is 20.3. The van der Waals surface area contributed by atoms with Gasteiger partial charge in [0.05, 0.1) is 6.61 Å². The van der Waals surface area contributed by atoms with E-state index in [1.807, 2.05) is 45.0 Å². The number of aryl methyl sites for hydroxylation is 2. The second kappa shape index (κ2) is 9.45. The third-order valence-electron chi connectivity index (χ3n) is 6.14. The molecule has 0 atom stereocenters. The number of piperidine rings is 1. The number of carbonyl (C=O) groups excluding carboxylic acids is 1. The van der Waals surface area contributed by atoms with Crippen LogP contribution < -0.4 is 5.56 Å². The summed E-state index contributed by atoms with van der Waals surface area (Å²) in [7, 11) is 0. The molecule has 1 aromatic carbocycles. The highest BCUT2D eigenvalue weighted by molar-refractivity contribution is 9.10. The Morgan fingerprint density at radius 1 is 1.19 bits per heavy atom. The number of amides is 1. The molecule has 3 aromatic rings. The lowest BCUT2D eigenvalue weighted by Crippen LogP contribution is -2.40. The molecule has 3 heterocycles. The van der Waals surface area contributed by atoms with E-state index in [2.05, 4.69) is 28.1 Å². The smallest absolute Gasteiger partial charge is 0.409 e. The molecule has 0 unspecified atom stereocenters. The number of nitrogens with zero attached hydrogens (tertiary/aromatic N) is 3. The Bertz CT molecular complexity index is 1210. The van der Waals surface area contributed by atoms with E-state index >= 15 is 0 Å². The highest BCUT2D eigenvalue weighted by atomic mass is 79.9. The van der Waals surface area contributed by atoms with Crippen LogP contribution >= 0.6 is 15.9 Å². The first-order valence-corrected chi connectivity index (χ1v) is 12.0. The van der Waals surface area contributed by atoms with Gasteiger partial charge in [-0.15, -0.1) is 0 Å². The number of pyridine rings is 2. The zero-order chi connectivity index (χ0) is 22.8. The molecular formula is C25H28BrN3O3. The van der Waals surface area contributed by atoms with Gasteiger partial charge in [0.2, 0.25) is 0 Å². The third-order valence-corrected chi connectivity index (χ3v) is 6.64. The van der Waals surface area contributed by atoms with Crippen molar-refractivity contribution in [2.75, 3.05) is 19.7 Å². The number of fused-ring (bicyclic) bond motifs is 1. The van der Waals surface area contributed by atoms with Gasteiger partial charge >= 0.3 is 6.09 Å². The van der Waals surface area contributed by atoms with E-state index in [1.165, 1.54) is 0 Å². The molecule has 6 nitrogen and oxygen atoms in total. The molecule has 0 N–H and O–H groups in total. The molecule has 0 saturated carbocycles. The Morgan fingerprint density at radius 3 is 2.59 bits per heavy atom. The molecule has 2 aromatic heterocycles. The minimum absolute atomic E-state index is 0.0164. The molecule has 0 radical (unpaired) electrons. The summed E-state index contributed by atoms with van der Waals surface area (Å²) in [5.41, 5.74) is 4.40. The van der Waals surface area contributed by atoms with E-state index in [1.54, 1.807) is 9.47 Å². The number of aromatic nitrogens is 2. The van der Waals surface area contributed by atoms with Crippen LogP contribution in [0, 0.1) is 6.92 Å². The standard InChI is InChI=1S/C25H28BrN3O3/c1-4-29-23-20(10-9-16(3)27-23)21(18-7-6-8-19(26)15-18)22(24(29)30)17-11-13-28(14-12-17)25(31)32-5-2/h6-10,15,17H,4-5,11-14H2,1-3H3. The molecule has 168 valence electrons. The molecule has 1 saturated heterocycles. The van der Waals surface area contributed by atoms with E-state index in [0.717, 1.165) is 50.7 Å². The average molecular weight is 498 g/mol. The van der Waals surface area contributed by atoms with Gasteiger partial charge in [-0.05, 0) is 69.4 Å². The molecule has 0 aliphatic carbocycles. The van der Waals surface area contributed by atoms with E-state index in [4.69, 9.17) is 9.72 Å². The van der Waals surface area contributed by atoms with Crippen molar-refractivity contribution in [2.45, 2.75) is 46.1 Å². The molecule has 32 heavy (non-hydrogen) atoms. The van der Waals surface area contributed by atoms with Crippen molar-refractivity contribution in [3.8, 4) is 11.1 Å². The quantitative estimate of drug-likeness (QED) is 0.477. The summed E-state index contributed by atoms with van der Waals surface area (Å²) in [6, 6.07) is 12.2. The first-order valence-electron chi connectivity index (χ1n) is 11.2. The van der Waals surface area contributed by atoms with E-state index < -0.39 is 0 Å². The van der Waals surface area contributed by atoms with Gasteiger partial charge in [0, 0.05) is 46.3 Å². The summed E-state index contributed by atoms with van der Waals surface area (Å²) in [4.78, 5) is 32.5. The molecule has 4 rings (SSSR count). The van der Waals surface area contributed by atoms with E-state index in [-0.39, 0.29) is 17.6 Å². The monoisotopic (exact) mass is 497 g/mol. The number of hydrogen-bond donors (Lipinski definition) is 0. The topological polar surface area (TPSA) is 64.4 Å². The second-order valence-corrected chi connectivity index (χ2v) is 9.05. The van der Waals surface area contributed by atoms with Crippen molar-refractivity contribution >= 4 is 33.1 Å². The first-order chi connectivity index (χ1) is 15.4. The largest absolute Gasteiger partial charge is 0.450 e. The lowest BCUT2D eigenvalue weighted by Gasteiger charge is -2.32. The van der Waals surface area contributed by atoms with Crippen molar-refractivity contribution in [1.29, 1.82) is 0 Å². The SMILES string of the molecule is CCOC(=O)N1CCC(c2c(-c3cccc(Br)c3)c3ccc(C)nc3n(CC)c2=O)CC1. The number of likely N-dealkylation sites (tertiary alicyclic amines) is 1. The van der Waals surface area contributed by atoms with Gasteiger partial charge < -0.3 is 9.64 Å². The van der Waals surface area contributed by atoms with Gasteiger partial charge in [-0.1, -0.05) is 28.1 Å². The van der Waals surface area contributed by atoms with Crippen LogP contribution in [0.4, 0.5) is 4.79 Å². The fourth-order valence-electron chi connectivity index (χ4n) is 4.63. The predicted octanol–water partition coefficient (Wildman–Crippen LogP) is 5.49. The maximum Gasteiger partial charge on any atom is 0.409 e. The maximum absolute atomic E-state index is 13.8. The normalized spacial score (nSPS) is 14.7. The van der Waals surface area contributed by atoms with Crippen molar-refractivity contribution in [2.24, 2.45) is 0 Å². The van der Waals surface area contributed by atoms with Crippen LogP contribution in [0.15, 0.2) is 45.7 Å². The molecule has 7 heteroatoms. The van der Waals surface area contributed by atoms with E-state index in [9.17, 15) is 9.59 Å². The maximum atomic E-state index is 13.8. The fraction of sp³-hybridized carbons (Fsp3) is 0.400. The van der Waals surface area contributed by atoms with Gasteiger partial charge in [-0.2, -0.15) is 0 Å². The summed E-state index contributed by atoms with van der Waals surface area (Å²) in [6.07, 6.45) is 1.18. The summed E-state index contributed by atoms with van der Waals surface area (Å²) < 4.78 is 7.92. The Labute approximate surface area is 196 Å². The van der Waals surface area contributed by atoms with Crippen LogP contribution in [0.5, 0.6) is 0 Å². The van der Waals surface area contributed by atoms with Gasteiger partial charge in [0.1, 0.15) is 5.65 Å². The Hall–Kier alpha value is -2.67. The lowest BCUT2D eigenvalue weighted by molar-refractivity contribution is 0.0970. The molecule has 1 fully saturated rings. The molecule has 1 aliphatic rings. The third kappa shape index (κ3) is 4.18.